The number of rotatable bonds is 7. The molecule has 0 heterocycles. The van der Waals surface area contributed by atoms with Gasteiger partial charge in [0, 0.05) is 12.1 Å². The van der Waals surface area contributed by atoms with Crippen LogP contribution in [0.1, 0.15) is 60.3 Å². The summed E-state index contributed by atoms with van der Waals surface area (Å²) in [7, 11) is 0. The van der Waals surface area contributed by atoms with E-state index in [1.807, 2.05) is 27.7 Å². The lowest BCUT2D eigenvalue weighted by atomic mass is 9.85. The van der Waals surface area contributed by atoms with Crippen LogP contribution in [-0.2, 0) is 4.79 Å². The number of unbranched alkanes of at least 4 members (excludes halogenated alkanes) is 1. The van der Waals surface area contributed by atoms with Crippen molar-refractivity contribution in [2.75, 3.05) is 0 Å². The molecule has 0 aliphatic heterocycles. The summed E-state index contributed by atoms with van der Waals surface area (Å²) in [5, 5.41) is 14.5. The molecule has 0 aromatic carbocycles. The zero-order valence-electron chi connectivity index (χ0n) is 12.7. The molecule has 5 heteroatoms. The monoisotopic (exact) mass is 272 g/mol. The van der Waals surface area contributed by atoms with Gasteiger partial charge in [-0.05, 0) is 18.8 Å². The van der Waals surface area contributed by atoms with Gasteiger partial charge in [-0.25, -0.2) is 4.79 Å². The van der Waals surface area contributed by atoms with E-state index in [1.54, 1.807) is 0 Å². The Kier molecular flexibility index (Phi) is 7.49. The number of carbonyl (C=O) groups excluding carboxylic acids is 1. The van der Waals surface area contributed by atoms with E-state index in [1.165, 1.54) is 0 Å². The average Bonchev–Trinajstić information content (AvgIpc) is 2.23. The summed E-state index contributed by atoms with van der Waals surface area (Å²) >= 11 is 0. The molecule has 19 heavy (non-hydrogen) atoms. The minimum Gasteiger partial charge on any atom is -0.481 e. The van der Waals surface area contributed by atoms with Crippen molar-refractivity contribution in [2.45, 2.75) is 72.4 Å². The van der Waals surface area contributed by atoms with Crippen molar-refractivity contribution in [1.82, 2.24) is 10.6 Å². The normalized spacial score (nSPS) is 14.6. The minimum absolute atomic E-state index is 0.0692. The van der Waals surface area contributed by atoms with Crippen molar-refractivity contribution >= 4 is 12.0 Å². The fourth-order valence-corrected chi connectivity index (χ4v) is 1.75. The predicted octanol–water partition coefficient (Wildman–Crippen LogP) is 2.75. The highest BCUT2D eigenvalue weighted by Gasteiger charge is 2.28. The van der Waals surface area contributed by atoms with E-state index in [9.17, 15) is 9.59 Å². The molecule has 0 aliphatic rings. The zero-order chi connectivity index (χ0) is 15.1. The smallest absolute Gasteiger partial charge is 0.315 e. The second-order valence-electron chi connectivity index (χ2n) is 6.18. The third kappa shape index (κ3) is 8.46. The molecule has 3 N–H and O–H groups in total. The highest BCUT2D eigenvalue weighted by Crippen LogP contribution is 2.21. The average molecular weight is 272 g/mol. The molecule has 0 radical (unpaired) electrons. The fraction of sp³-hybridized carbons (Fsp3) is 0.857. The number of nitrogens with one attached hydrogen (secondary N) is 2. The molecule has 2 amide bonds. The molecule has 5 nitrogen and oxygen atoms in total. The number of urea groups is 1. The molecule has 0 bridgehead atoms. The highest BCUT2D eigenvalue weighted by molar-refractivity contribution is 5.76. The van der Waals surface area contributed by atoms with Gasteiger partial charge in [-0.2, -0.15) is 0 Å². The van der Waals surface area contributed by atoms with Gasteiger partial charge in [0.1, 0.15) is 0 Å². The molecule has 0 aliphatic carbocycles. The third-order valence-electron chi connectivity index (χ3n) is 3.10. The van der Waals surface area contributed by atoms with Crippen LogP contribution in [0.4, 0.5) is 4.79 Å². The molecule has 0 rings (SSSR count). The van der Waals surface area contributed by atoms with Crippen LogP contribution in [0.3, 0.4) is 0 Å². The minimum atomic E-state index is -0.903. The summed E-state index contributed by atoms with van der Waals surface area (Å²) in [4.78, 5) is 22.7. The lowest BCUT2D eigenvalue weighted by molar-refractivity contribution is -0.138. The van der Waals surface area contributed by atoms with Gasteiger partial charge in [0.2, 0.25) is 0 Å². The quantitative estimate of drug-likeness (QED) is 0.667. The Morgan fingerprint density at radius 2 is 1.79 bits per heavy atom. The standard InChI is InChI=1S/C14H28N2O3/c1-6-7-8-10(2)15-13(19)16-11(9-12(17)18)14(3,4)5/h10-11H,6-9H2,1-5H3,(H,17,18)(H2,15,16,19). The van der Waals surface area contributed by atoms with Gasteiger partial charge in [-0.15, -0.1) is 0 Å². The first-order chi connectivity index (χ1) is 8.66. The van der Waals surface area contributed by atoms with Crippen molar-refractivity contribution in [1.29, 1.82) is 0 Å². The van der Waals surface area contributed by atoms with E-state index in [2.05, 4.69) is 17.6 Å². The second kappa shape index (κ2) is 8.02. The molecule has 0 saturated carbocycles. The molecule has 2 unspecified atom stereocenters. The van der Waals surface area contributed by atoms with Crippen LogP contribution in [0.2, 0.25) is 0 Å². The number of carbonyl (C=O) groups is 2. The molecule has 112 valence electrons. The SMILES string of the molecule is CCCCC(C)NC(=O)NC(CC(=O)O)C(C)(C)C. The Morgan fingerprint density at radius 1 is 1.21 bits per heavy atom. The Bertz CT molecular complexity index is 298. The predicted molar refractivity (Wildman–Crippen MR) is 76.2 cm³/mol. The molecule has 0 aromatic heterocycles. The summed E-state index contributed by atoms with van der Waals surface area (Å²) in [5.74, 6) is -0.903. The van der Waals surface area contributed by atoms with E-state index in [4.69, 9.17) is 5.11 Å². The molecule has 2 atom stereocenters. The second-order valence-corrected chi connectivity index (χ2v) is 6.18. The first kappa shape index (κ1) is 17.7. The van der Waals surface area contributed by atoms with Gasteiger partial charge < -0.3 is 15.7 Å². The van der Waals surface area contributed by atoms with Crippen LogP contribution in [0.5, 0.6) is 0 Å². The summed E-state index contributed by atoms with van der Waals surface area (Å²) < 4.78 is 0. The van der Waals surface area contributed by atoms with Crippen LogP contribution in [0.25, 0.3) is 0 Å². The summed E-state index contributed by atoms with van der Waals surface area (Å²) in [6, 6.07) is -0.571. The van der Waals surface area contributed by atoms with Crippen molar-refractivity contribution in [3.05, 3.63) is 0 Å². The van der Waals surface area contributed by atoms with Crippen LogP contribution in [0, 0.1) is 5.41 Å². The highest BCUT2D eigenvalue weighted by atomic mass is 16.4. The summed E-state index contributed by atoms with van der Waals surface area (Å²) in [5.41, 5.74) is -0.289. The van der Waals surface area contributed by atoms with Gasteiger partial charge in [-0.1, -0.05) is 40.5 Å². The lowest BCUT2D eigenvalue weighted by Gasteiger charge is -2.30. The third-order valence-corrected chi connectivity index (χ3v) is 3.10. The molecular formula is C14H28N2O3. The molecule has 0 spiro atoms. The van der Waals surface area contributed by atoms with E-state index in [-0.39, 0.29) is 30.0 Å². The Labute approximate surface area is 116 Å². The number of hydrogen-bond donors (Lipinski definition) is 3. The molecule has 0 saturated heterocycles. The van der Waals surface area contributed by atoms with Crippen molar-refractivity contribution < 1.29 is 14.7 Å². The van der Waals surface area contributed by atoms with Gasteiger partial charge in [-0.3, -0.25) is 4.79 Å². The number of aliphatic carboxylic acids is 1. The molecule has 0 aromatic rings. The summed E-state index contributed by atoms with van der Waals surface area (Å²) in [6.45, 7) is 9.82. The molecule has 0 fully saturated rings. The molecular weight excluding hydrogens is 244 g/mol. The van der Waals surface area contributed by atoms with Crippen molar-refractivity contribution in [2.24, 2.45) is 5.41 Å². The first-order valence-corrected chi connectivity index (χ1v) is 6.95. The van der Waals surface area contributed by atoms with Crippen LogP contribution >= 0.6 is 0 Å². The van der Waals surface area contributed by atoms with Crippen LogP contribution < -0.4 is 10.6 Å². The maximum atomic E-state index is 11.8. The summed E-state index contributed by atoms with van der Waals surface area (Å²) in [6.07, 6.45) is 3.03. The van der Waals surface area contributed by atoms with Crippen LogP contribution in [0.15, 0.2) is 0 Å². The zero-order valence-corrected chi connectivity index (χ0v) is 12.7. The number of carboxylic acids is 1. The first-order valence-electron chi connectivity index (χ1n) is 6.95. The van der Waals surface area contributed by atoms with Gasteiger partial charge in [0.15, 0.2) is 0 Å². The van der Waals surface area contributed by atoms with E-state index >= 15 is 0 Å². The van der Waals surface area contributed by atoms with E-state index < -0.39 is 5.97 Å². The fourth-order valence-electron chi connectivity index (χ4n) is 1.75. The largest absolute Gasteiger partial charge is 0.481 e. The number of amides is 2. The van der Waals surface area contributed by atoms with Crippen molar-refractivity contribution in [3.63, 3.8) is 0 Å². The van der Waals surface area contributed by atoms with E-state index in [0.717, 1.165) is 19.3 Å². The van der Waals surface area contributed by atoms with Gasteiger partial charge in [0.05, 0.1) is 6.42 Å². The number of carboxylic acid groups (broad SMARTS) is 1. The Balaban J connectivity index is 4.35. The van der Waals surface area contributed by atoms with Gasteiger partial charge >= 0.3 is 12.0 Å². The Hall–Kier alpha value is -1.26. The number of hydrogen-bond acceptors (Lipinski definition) is 2. The van der Waals surface area contributed by atoms with Crippen LogP contribution in [-0.4, -0.2) is 29.2 Å². The van der Waals surface area contributed by atoms with Crippen molar-refractivity contribution in [3.8, 4) is 0 Å². The lowest BCUT2D eigenvalue weighted by Crippen LogP contribution is -2.50. The Morgan fingerprint density at radius 3 is 2.21 bits per heavy atom. The maximum absolute atomic E-state index is 11.8. The van der Waals surface area contributed by atoms with Gasteiger partial charge in [0.25, 0.3) is 0 Å². The van der Waals surface area contributed by atoms with E-state index in [0.29, 0.717) is 0 Å². The topological polar surface area (TPSA) is 78.4 Å². The maximum Gasteiger partial charge on any atom is 0.315 e.